The van der Waals surface area contributed by atoms with Crippen LogP contribution >= 0.6 is 11.6 Å². The van der Waals surface area contributed by atoms with E-state index in [2.05, 4.69) is 4.90 Å². The van der Waals surface area contributed by atoms with Crippen molar-refractivity contribution in [2.45, 2.75) is 32.9 Å². The van der Waals surface area contributed by atoms with Crippen LogP contribution in [0.15, 0.2) is 18.2 Å². The Labute approximate surface area is 137 Å². The maximum absolute atomic E-state index is 12.1. The van der Waals surface area contributed by atoms with E-state index < -0.39 is 5.60 Å². The predicted molar refractivity (Wildman–Crippen MR) is 89.4 cm³/mol. The number of benzene rings is 1. The van der Waals surface area contributed by atoms with Crippen molar-refractivity contribution >= 4 is 23.4 Å². The number of ether oxygens (including phenoxy) is 1. The van der Waals surface area contributed by atoms with Crippen molar-refractivity contribution in [3.05, 3.63) is 28.8 Å². The molecule has 6 heteroatoms. The molecule has 0 unspecified atom stereocenters. The summed E-state index contributed by atoms with van der Waals surface area (Å²) in [5.74, 6) is 0. The summed E-state index contributed by atoms with van der Waals surface area (Å²) in [6, 6.07) is 5.88. The van der Waals surface area contributed by atoms with E-state index in [1.807, 2.05) is 39.0 Å². The third-order valence-corrected chi connectivity index (χ3v) is 3.82. The summed E-state index contributed by atoms with van der Waals surface area (Å²) in [7, 11) is 0. The lowest BCUT2D eigenvalue weighted by Gasteiger charge is -2.37. The molecule has 5 nitrogen and oxygen atoms in total. The molecule has 1 fully saturated rings. The molecule has 1 saturated heterocycles. The van der Waals surface area contributed by atoms with Gasteiger partial charge in [-0.1, -0.05) is 17.7 Å². The Morgan fingerprint density at radius 3 is 2.41 bits per heavy atom. The number of nitrogens with two attached hydrogens (primary N) is 1. The van der Waals surface area contributed by atoms with Crippen LogP contribution in [0.5, 0.6) is 0 Å². The molecule has 2 rings (SSSR count). The van der Waals surface area contributed by atoms with Crippen molar-refractivity contribution in [2.24, 2.45) is 5.73 Å². The highest BCUT2D eigenvalue weighted by Crippen LogP contribution is 2.28. The molecule has 122 valence electrons. The van der Waals surface area contributed by atoms with Crippen LogP contribution in [0.3, 0.4) is 0 Å². The largest absolute Gasteiger partial charge is 0.444 e. The average Bonchev–Trinajstić information content (AvgIpc) is 2.45. The summed E-state index contributed by atoms with van der Waals surface area (Å²) >= 11 is 6.33. The monoisotopic (exact) mass is 325 g/mol. The first-order valence-electron chi connectivity index (χ1n) is 7.51. The van der Waals surface area contributed by atoms with Crippen LogP contribution < -0.4 is 10.6 Å². The smallest absolute Gasteiger partial charge is 0.410 e. The van der Waals surface area contributed by atoms with Crippen LogP contribution in [0.4, 0.5) is 10.5 Å². The van der Waals surface area contributed by atoms with Gasteiger partial charge in [-0.2, -0.15) is 0 Å². The van der Waals surface area contributed by atoms with Crippen molar-refractivity contribution in [1.29, 1.82) is 0 Å². The highest BCUT2D eigenvalue weighted by molar-refractivity contribution is 6.33. The van der Waals surface area contributed by atoms with Crippen LogP contribution in [0.1, 0.15) is 26.3 Å². The zero-order chi connectivity index (χ0) is 16.3. The van der Waals surface area contributed by atoms with E-state index in [1.54, 1.807) is 4.90 Å². The molecular weight excluding hydrogens is 302 g/mol. The fraction of sp³-hybridized carbons (Fsp3) is 0.562. The molecular formula is C16H24ClN3O2. The molecule has 0 saturated carbocycles. The molecule has 0 aliphatic carbocycles. The Bertz CT molecular complexity index is 535. The zero-order valence-electron chi connectivity index (χ0n) is 13.4. The summed E-state index contributed by atoms with van der Waals surface area (Å²) in [6.45, 7) is 8.84. The number of hydrogen-bond acceptors (Lipinski definition) is 4. The summed E-state index contributed by atoms with van der Waals surface area (Å²) in [5.41, 5.74) is 7.16. The van der Waals surface area contributed by atoms with E-state index in [1.165, 1.54) is 0 Å². The van der Waals surface area contributed by atoms with Gasteiger partial charge in [0.1, 0.15) is 5.60 Å². The van der Waals surface area contributed by atoms with Gasteiger partial charge in [0, 0.05) is 32.7 Å². The van der Waals surface area contributed by atoms with Gasteiger partial charge in [-0.05, 0) is 38.5 Å². The molecule has 1 aliphatic rings. The molecule has 0 radical (unpaired) electrons. The molecule has 1 amide bonds. The number of piperazine rings is 1. The minimum Gasteiger partial charge on any atom is -0.444 e. The standard InChI is InChI=1S/C16H24ClN3O2/c1-16(2,3)22-15(21)20-8-6-19(7-9-20)14-5-4-12(11-18)10-13(14)17/h4-5,10H,6-9,11,18H2,1-3H3. The fourth-order valence-electron chi connectivity index (χ4n) is 2.39. The molecule has 0 bridgehead atoms. The zero-order valence-corrected chi connectivity index (χ0v) is 14.2. The normalized spacial score (nSPS) is 15.9. The summed E-state index contributed by atoms with van der Waals surface area (Å²) in [5, 5.41) is 0.702. The third kappa shape index (κ3) is 4.27. The molecule has 1 heterocycles. The Balaban J connectivity index is 1.96. The molecule has 1 aromatic carbocycles. The number of amides is 1. The fourth-order valence-corrected chi connectivity index (χ4v) is 2.71. The number of anilines is 1. The molecule has 0 atom stereocenters. The van der Waals surface area contributed by atoms with Gasteiger partial charge in [-0.15, -0.1) is 0 Å². The quantitative estimate of drug-likeness (QED) is 0.908. The first-order chi connectivity index (χ1) is 10.3. The molecule has 22 heavy (non-hydrogen) atoms. The van der Waals surface area contributed by atoms with Gasteiger partial charge < -0.3 is 20.3 Å². The van der Waals surface area contributed by atoms with Crippen molar-refractivity contribution < 1.29 is 9.53 Å². The number of hydrogen-bond donors (Lipinski definition) is 1. The van der Waals surface area contributed by atoms with Gasteiger partial charge in [-0.3, -0.25) is 0 Å². The van der Waals surface area contributed by atoms with Crippen molar-refractivity contribution in [1.82, 2.24) is 4.90 Å². The lowest BCUT2D eigenvalue weighted by atomic mass is 10.2. The van der Waals surface area contributed by atoms with Crippen molar-refractivity contribution in [2.75, 3.05) is 31.1 Å². The molecule has 1 aliphatic heterocycles. The Morgan fingerprint density at radius 1 is 1.27 bits per heavy atom. The highest BCUT2D eigenvalue weighted by Gasteiger charge is 2.26. The Hall–Kier alpha value is -1.46. The van der Waals surface area contributed by atoms with E-state index in [0.717, 1.165) is 24.3 Å². The lowest BCUT2D eigenvalue weighted by molar-refractivity contribution is 0.0240. The molecule has 1 aromatic rings. The van der Waals surface area contributed by atoms with E-state index >= 15 is 0 Å². The van der Waals surface area contributed by atoms with E-state index in [-0.39, 0.29) is 6.09 Å². The van der Waals surface area contributed by atoms with E-state index in [4.69, 9.17) is 22.1 Å². The maximum Gasteiger partial charge on any atom is 0.410 e. The van der Waals surface area contributed by atoms with Gasteiger partial charge in [0.05, 0.1) is 10.7 Å². The number of carbonyl (C=O) groups excluding carboxylic acids is 1. The first kappa shape index (κ1) is 16.9. The molecule has 0 spiro atoms. The van der Waals surface area contributed by atoms with Crippen molar-refractivity contribution in [3.63, 3.8) is 0 Å². The lowest BCUT2D eigenvalue weighted by Crippen LogP contribution is -2.50. The second-order valence-corrected chi connectivity index (χ2v) is 6.85. The van der Waals surface area contributed by atoms with Crippen LogP contribution in [0.2, 0.25) is 5.02 Å². The number of carbonyl (C=O) groups is 1. The molecule has 0 aromatic heterocycles. The van der Waals surface area contributed by atoms with E-state index in [0.29, 0.717) is 24.7 Å². The highest BCUT2D eigenvalue weighted by atomic mass is 35.5. The Morgan fingerprint density at radius 2 is 1.91 bits per heavy atom. The first-order valence-corrected chi connectivity index (χ1v) is 7.89. The average molecular weight is 326 g/mol. The number of nitrogens with zero attached hydrogens (tertiary/aromatic N) is 2. The van der Waals surface area contributed by atoms with Crippen LogP contribution in [-0.2, 0) is 11.3 Å². The van der Waals surface area contributed by atoms with Gasteiger partial charge in [0.25, 0.3) is 0 Å². The van der Waals surface area contributed by atoms with Gasteiger partial charge in [-0.25, -0.2) is 4.79 Å². The summed E-state index contributed by atoms with van der Waals surface area (Å²) < 4.78 is 5.40. The van der Waals surface area contributed by atoms with E-state index in [9.17, 15) is 4.79 Å². The van der Waals surface area contributed by atoms with Gasteiger partial charge >= 0.3 is 6.09 Å². The topological polar surface area (TPSA) is 58.8 Å². The SMILES string of the molecule is CC(C)(C)OC(=O)N1CCN(c2ccc(CN)cc2Cl)CC1. The Kier molecular flexibility index (Phi) is 5.19. The minimum atomic E-state index is -0.463. The maximum atomic E-state index is 12.1. The summed E-state index contributed by atoms with van der Waals surface area (Å²) in [6.07, 6.45) is -0.253. The van der Waals surface area contributed by atoms with Crippen molar-refractivity contribution in [3.8, 4) is 0 Å². The number of rotatable bonds is 2. The minimum absolute atomic E-state index is 0.253. The number of halogens is 1. The second kappa shape index (κ2) is 6.75. The van der Waals surface area contributed by atoms with Gasteiger partial charge in [0.15, 0.2) is 0 Å². The van der Waals surface area contributed by atoms with Crippen LogP contribution in [-0.4, -0.2) is 42.8 Å². The summed E-state index contributed by atoms with van der Waals surface area (Å²) in [4.78, 5) is 16.0. The van der Waals surface area contributed by atoms with Crippen LogP contribution in [0, 0.1) is 0 Å². The predicted octanol–water partition coefficient (Wildman–Crippen LogP) is 2.86. The second-order valence-electron chi connectivity index (χ2n) is 6.44. The third-order valence-electron chi connectivity index (χ3n) is 3.52. The molecule has 2 N–H and O–H groups in total. The van der Waals surface area contributed by atoms with Crippen LogP contribution in [0.25, 0.3) is 0 Å². The van der Waals surface area contributed by atoms with Gasteiger partial charge in [0.2, 0.25) is 0 Å².